The average molecular weight is 485 g/mol. The number of esters is 1. The Morgan fingerprint density at radius 2 is 1.94 bits per heavy atom. The van der Waals surface area contributed by atoms with Gasteiger partial charge in [0.25, 0.3) is 5.56 Å². The summed E-state index contributed by atoms with van der Waals surface area (Å²) in [5, 5.41) is 1.09. The number of rotatable bonds is 5. The number of hydrogen-bond donors (Lipinski definition) is 0. The molecule has 1 aromatic heterocycles. The summed E-state index contributed by atoms with van der Waals surface area (Å²) in [7, 11) is 0. The van der Waals surface area contributed by atoms with Gasteiger partial charge in [-0.3, -0.25) is 9.36 Å². The van der Waals surface area contributed by atoms with Gasteiger partial charge >= 0.3 is 5.97 Å². The SMILES string of the molecule is C=CCOC(=O)C1=C(C)N=c2sc(=Cc3ccccc3Cl)c(=O)n2C1c1ccc(Cl)cc1. The number of ether oxygens (including phenoxy) is 1. The largest absolute Gasteiger partial charge is 0.458 e. The molecule has 4 rings (SSSR count). The van der Waals surface area contributed by atoms with Crippen LogP contribution in [0.2, 0.25) is 10.0 Å². The van der Waals surface area contributed by atoms with Crippen molar-refractivity contribution in [2.24, 2.45) is 4.99 Å². The number of nitrogens with zero attached hydrogens (tertiary/aromatic N) is 2. The fourth-order valence-electron chi connectivity index (χ4n) is 3.49. The summed E-state index contributed by atoms with van der Waals surface area (Å²) in [6, 6.07) is 13.6. The van der Waals surface area contributed by atoms with Gasteiger partial charge in [0.2, 0.25) is 0 Å². The van der Waals surface area contributed by atoms with Gasteiger partial charge < -0.3 is 4.74 Å². The monoisotopic (exact) mass is 484 g/mol. The maximum Gasteiger partial charge on any atom is 0.338 e. The molecule has 1 aliphatic heterocycles. The van der Waals surface area contributed by atoms with Gasteiger partial charge in [0.1, 0.15) is 6.61 Å². The molecule has 0 aliphatic carbocycles. The molecule has 3 aromatic rings. The number of halogens is 2. The molecule has 0 amide bonds. The van der Waals surface area contributed by atoms with Crippen LogP contribution in [0.15, 0.2) is 82.2 Å². The highest BCUT2D eigenvalue weighted by atomic mass is 35.5. The van der Waals surface area contributed by atoms with E-state index in [0.29, 0.717) is 30.6 Å². The van der Waals surface area contributed by atoms with E-state index in [4.69, 9.17) is 27.9 Å². The summed E-state index contributed by atoms with van der Waals surface area (Å²) in [6.07, 6.45) is 3.23. The van der Waals surface area contributed by atoms with E-state index in [-0.39, 0.29) is 12.2 Å². The molecule has 0 fully saturated rings. The van der Waals surface area contributed by atoms with Crippen LogP contribution in [0.25, 0.3) is 6.08 Å². The topological polar surface area (TPSA) is 60.7 Å². The van der Waals surface area contributed by atoms with Crippen LogP contribution in [0, 0.1) is 0 Å². The van der Waals surface area contributed by atoms with Crippen LogP contribution < -0.4 is 14.9 Å². The first-order valence-corrected chi connectivity index (χ1v) is 11.3. The molecule has 2 heterocycles. The summed E-state index contributed by atoms with van der Waals surface area (Å²) in [4.78, 5) is 31.5. The van der Waals surface area contributed by atoms with Crippen LogP contribution in [0.1, 0.15) is 24.1 Å². The van der Waals surface area contributed by atoms with Crippen molar-refractivity contribution in [1.29, 1.82) is 0 Å². The first kappa shape index (κ1) is 22.3. The first-order valence-electron chi connectivity index (χ1n) is 9.71. The molecule has 8 heteroatoms. The highest BCUT2D eigenvalue weighted by Gasteiger charge is 2.33. The number of benzene rings is 2. The van der Waals surface area contributed by atoms with E-state index in [9.17, 15) is 9.59 Å². The lowest BCUT2D eigenvalue weighted by atomic mass is 9.96. The fraction of sp³-hybridized carbons (Fsp3) is 0.125. The van der Waals surface area contributed by atoms with Crippen LogP contribution >= 0.6 is 34.5 Å². The predicted octanol–water partition coefficient (Wildman–Crippen LogP) is 4.27. The van der Waals surface area contributed by atoms with Crippen molar-refractivity contribution in [3.8, 4) is 0 Å². The Kier molecular flexibility index (Phi) is 6.46. The summed E-state index contributed by atoms with van der Waals surface area (Å²) in [6.45, 7) is 5.37. The van der Waals surface area contributed by atoms with Crippen LogP contribution in [0.4, 0.5) is 0 Å². The van der Waals surface area contributed by atoms with Crippen LogP contribution in [-0.2, 0) is 9.53 Å². The summed E-state index contributed by atoms with van der Waals surface area (Å²) in [5.74, 6) is -0.550. The van der Waals surface area contributed by atoms with E-state index in [0.717, 1.165) is 11.1 Å². The highest BCUT2D eigenvalue weighted by molar-refractivity contribution is 7.07. The molecule has 2 aromatic carbocycles. The second-order valence-electron chi connectivity index (χ2n) is 7.04. The van der Waals surface area contributed by atoms with E-state index in [1.54, 1.807) is 43.3 Å². The fourth-order valence-corrected chi connectivity index (χ4v) is 4.84. The van der Waals surface area contributed by atoms with Crippen molar-refractivity contribution < 1.29 is 9.53 Å². The Balaban J connectivity index is 1.95. The quantitative estimate of drug-likeness (QED) is 0.401. The summed E-state index contributed by atoms with van der Waals surface area (Å²) < 4.78 is 7.30. The molecule has 0 saturated heterocycles. The van der Waals surface area contributed by atoms with Gasteiger partial charge in [-0.25, -0.2) is 9.79 Å². The number of carbonyl (C=O) groups is 1. The Hall–Kier alpha value is -2.93. The second kappa shape index (κ2) is 9.28. The third-order valence-corrected chi connectivity index (χ3v) is 6.53. The molecular weight excluding hydrogens is 467 g/mol. The van der Waals surface area contributed by atoms with E-state index in [1.165, 1.54) is 22.0 Å². The van der Waals surface area contributed by atoms with Gasteiger partial charge in [0.05, 0.1) is 21.8 Å². The van der Waals surface area contributed by atoms with Crippen LogP contribution in [0.3, 0.4) is 0 Å². The van der Waals surface area contributed by atoms with Gasteiger partial charge in [-0.05, 0) is 42.3 Å². The number of fused-ring (bicyclic) bond motifs is 1. The minimum absolute atomic E-state index is 0.0554. The molecular formula is C24H18Cl2N2O3S. The molecule has 0 saturated carbocycles. The van der Waals surface area contributed by atoms with Crippen molar-refractivity contribution in [3.05, 3.63) is 113 Å². The number of thiazole rings is 1. The first-order chi connectivity index (χ1) is 15.4. The van der Waals surface area contributed by atoms with Gasteiger partial charge in [-0.2, -0.15) is 0 Å². The minimum atomic E-state index is -0.700. The van der Waals surface area contributed by atoms with E-state index < -0.39 is 12.0 Å². The van der Waals surface area contributed by atoms with E-state index in [1.807, 2.05) is 18.2 Å². The van der Waals surface area contributed by atoms with Crippen molar-refractivity contribution in [2.45, 2.75) is 13.0 Å². The third-order valence-electron chi connectivity index (χ3n) is 4.95. The van der Waals surface area contributed by atoms with Crippen molar-refractivity contribution in [3.63, 3.8) is 0 Å². The van der Waals surface area contributed by atoms with Gasteiger partial charge in [-0.15, -0.1) is 0 Å². The second-order valence-corrected chi connectivity index (χ2v) is 8.89. The Labute approximate surface area is 198 Å². The average Bonchev–Trinajstić information content (AvgIpc) is 3.08. The van der Waals surface area contributed by atoms with Gasteiger partial charge in [0.15, 0.2) is 4.80 Å². The van der Waals surface area contributed by atoms with Crippen LogP contribution in [-0.4, -0.2) is 17.1 Å². The molecule has 32 heavy (non-hydrogen) atoms. The third kappa shape index (κ3) is 4.21. The lowest BCUT2D eigenvalue weighted by molar-refractivity contribution is -0.138. The molecule has 0 radical (unpaired) electrons. The number of carbonyl (C=O) groups excluding carboxylic acids is 1. The Morgan fingerprint density at radius 1 is 1.22 bits per heavy atom. The zero-order chi connectivity index (χ0) is 22.8. The molecule has 1 unspecified atom stereocenters. The maximum atomic E-state index is 13.5. The molecule has 1 atom stereocenters. The smallest absolute Gasteiger partial charge is 0.338 e. The molecule has 1 aliphatic rings. The summed E-state index contributed by atoms with van der Waals surface area (Å²) >= 11 is 13.6. The molecule has 0 spiro atoms. The van der Waals surface area contributed by atoms with Gasteiger partial charge in [0, 0.05) is 10.0 Å². The zero-order valence-corrected chi connectivity index (χ0v) is 19.4. The maximum absolute atomic E-state index is 13.5. The number of hydrogen-bond acceptors (Lipinski definition) is 5. The lowest BCUT2D eigenvalue weighted by Gasteiger charge is -2.24. The predicted molar refractivity (Wildman–Crippen MR) is 128 cm³/mol. The zero-order valence-electron chi connectivity index (χ0n) is 17.0. The minimum Gasteiger partial charge on any atom is -0.458 e. The number of allylic oxidation sites excluding steroid dienone is 1. The lowest BCUT2D eigenvalue weighted by Crippen LogP contribution is -2.39. The van der Waals surface area contributed by atoms with Crippen molar-refractivity contribution in [1.82, 2.24) is 4.57 Å². The van der Waals surface area contributed by atoms with Crippen LogP contribution in [0.5, 0.6) is 0 Å². The Bertz CT molecular complexity index is 1420. The van der Waals surface area contributed by atoms with E-state index >= 15 is 0 Å². The Morgan fingerprint density at radius 3 is 2.62 bits per heavy atom. The standard InChI is InChI=1S/C24H18Cl2N2O3S/c1-3-12-31-23(30)20-14(2)27-24-28(21(20)15-8-10-17(25)11-9-15)22(29)19(32-24)13-16-6-4-5-7-18(16)26/h3-11,13,21H,1,12H2,2H3. The number of aromatic nitrogens is 1. The molecule has 5 nitrogen and oxygen atoms in total. The highest BCUT2D eigenvalue weighted by Crippen LogP contribution is 2.31. The normalized spacial score (nSPS) is 15.8. The van der Waals surface area contributed by atoms with Gasteiger partial charge in [-0.1, -0.05) is 77.5 Å². The van der Waals surface area contributed by atoms with Crippen molar-refractivity contribution >= 4 is 46.6 Å². The van der Waals surface area contributed by atoms with E-state index in [2.05, 4.69) is 11.6 Å². The summed E-state index contributed by atoms with van der Waals surface area (Å²) in [5.41, 5.74) is 1.97. The molecule has 162 valence electrons. The molecule has 0 N–H and O–H groups in total. The molecule has 0 bridgehead atoms. The van der Waals surface area contributed by atoms with Crippen molar-refractivity contribution in [2.75, 3.05) is 6.61 Å².